The number of carbonyl (C=O) groups is 2. The third-order valence-corrected chi connectivity index (χ3v) is 3.83. The summed E-state index contributed by atoms with van der Waals surface area (Å²) in [6.45, 7) is 1.55. The second-order valence-electron chi connectivity index (χ2n) is 5.42. The number of ether oxygens (including phenoxy) is 2. The minimum absolute atomic E-state index is 0.0639. The van der Waals surface area contributed by atoms with Gasteiger partial charge >= 0.3 is 6.09 Å². The molecule has 0 radical (unpaired) electrons. The molecule has 0 bridgehead atoms. The van der Waals surface area contributed by atoms with Crippen molar-refractivity contribution in [3.8, 4) is 5.75 Å². The minimum Gasteiger partial charge on any atom is -0.481 e. The lowest BCUT2D eigenvalue weighted by Crippen LogP contribution is -2.42. The molecule has 0 spiro atoms. The summed E-state index contributed by atoms with van der Waals surface area (Å²) in [4.78, 5) is 24.8. The fourth-order valence-electron chi connectivity index (χ4n) is 2.46. The molecular weight excluding hydrogens is 303 g/mol. The van der Waals surface area contributed by atoms with Crippen LogP contribution in [0.1, 0.15) is 12.8 Å². The molecule has 23 heavy (non-hydrogen) atoms. The highest BCUT2D eigenvalue weighted by Gasteiger charge is 2.23. The van der Waals surface area contributed by atoms with Gasteiger partial charge in [-0.1, -0.05) is 12.1 Å². The van der Waals surface area contributed by atoms with Gasteiger partial charge in [-0.15, -0.1) is 0 Å². The van der Waals surface area contributed by atoms with Gasteiger partial charge in [0.15, 0.2) is 18.2 Å². The number of carbonyl (C=O) groups excluding carboxylic acids is 2. The monoisotopic (exact) mass is 324 g/mol. The number of para-hydroxylation sites is 1. The summed E-state index contributed by atoms with van der Waals surface area (Å²) < 4.78 is 23.2. The van der Waals surface area contributed by atoms with E-state index in [0.29, 0.717) is 25.6 Å². The number of hydrogen-bond acceptors (Lipinski definition) is 4. The molecule has 1 aromatic carbocycles. The molecule has 2 rings (SSSR count). The van der Waals surface area contributed by atoms with Gasteiger partial charge in [0.2, 0.25) is 0 Å². The lowest BCUT2D eigenvalue weighted by Gasteiger charge is -2.30. The zero-order valence-corrected chi connectivity index (χ0v) is 13.1. The fraction of sp³-hybridized carbons (Fsp3) is 0.500. The van der Waals surface area contributed by atoms with Crippen molar-refractivity contribution < 1.29 is 23.5 Å². The molecule has 1 aromatic rings. The van der Waals surface area contributed by atoms with E-state index < -0.39 is 5.82 Å². The van der Waals surface area contributed by atoms with Gasteiger partial charge in [0.1, 0.15) is 0 Å². The maximum Gasteiger partial charge on any atom is 0.409 e. The molecule has 1 aliphatic heterocycles. The van der Waals surface area contributed by atoms with Crippen LogP contribution < -0.4 is 10.1 Å². The molecule has 1 aliphatic rings. The third kappa shape index (κ3) is 5.12. The van der Waals surface area contributed by atoms with E-state index >= 15 is 0 Å². The average molecular weight is 324 g/mol. The number of rotatable bonds is 5. The zero-order chi connectivity index (χ0) is 16.7. The summed E-state index contributed by atoms with van der Waals surface area (Å²) in [5, 5.41) is 2.78. The average Bonchev–Trinajstić information content (AvgIpc) is 2.59. The van der Waals surface area contributed by atoms with Crippen LogP contribution in [0.15, 0.2) is 24.3 Å². The number of amides is 2. The highest BCUT2D eigenvalue weighted by Crippen LogP contribution is 2.17. The van der Waals surface area contributed by atoms with Gasteiger partial charge in [-0.2, -0.15) is 0 Å². The Labute approximate surface area is 134 Å². The van der Waals surface area contributed by atoms with Crippen molar-refractivity contribution in [2.45, 2.75) is 12.8 Å². The second-order valence-corrected chi connectivity index (χ2v) is 5.42. The largest absolute Gasteiger partial charge is 0.481 e. The van der Waals surface area contributed by atoms with Crippen LogP contribution in [0.25, 0.3) is 0 Å². The Balaban J connectivity index is 1.66. The molecule has 0 saturated carbocycles. The molecule has 1 N–H and O–H groups in total. The Morgan fingerprint density at radius 1 is 1.30 bits per heavy atom. The van der Waals surface area contributed by atoms with Crippen LogP contribution in [0.5, 0.6) is 5.75 Å². The molecule has 126 valence electrons. The second kappa shape index (κ2) is 8.36. The lowest BCUT2D eigenvalue weighted by molar-refractivity contribution is -0.123. The van der Waals surface area contributed by atoms with Crippen molar-refractivity contribution in [1.82, 2.24) is 10.2 Å². The molecule has 0 atom stereocenters. The van der Waals surface area contributed by atoms with Crippen molar-refractivity contribution in [2.75, 3.05) is 33.4 Å². The number of benzene rings is 1. The number of halogens is 1. The minimum atomic E-state index is -0.490. The molecule has 1 saturated heterocycles. The number of methoxy groups -OCH3 is 1. The molecule has 7 heteroatoms. The highest BCUT2D eigenvalue weighted by atomic mass is 19.1. The molecule has 1 fully saturated rings. The van der Waals surface area contributed by atoms with Crippen LogP contribution in [0.3, 0.4) is 0 Å². The van der Waals surface area contributed by atoms with Gasteiger partial charge in [-0.3, -0.25) is 4.79 Å². The van der Waals surface area contributed by atoms with Crippen LogP contribution in [-0.4, -0.2) is 50.3 Å². The maximum atomic E-state index is 13.3. The van der Waals surface area contributed by atoms with Gasteiger partial charge in [0, 0.05) is 19.6 Å². The van der Waals surface area contributed by atoms with Gasteiger partial charge in [-0.25, -0.2) is 9.18 Å². The SMILES string of the molecule is COC(=O)N1CCC(CNC(=O)COc2ccccc2F)CC1. The zero-order valence-electron chi connectivity index (χ0n) is 13.1. The molecule has 0 aliphatic carbocycles. The predicted molar refractivity (Wildman–Crippen MR) is 81.6 cm³/mol. The fourth-order valence-corrected chi connectivity index (χ4v) is 2.46. The van der Waals surface area contributed by atoms with Crippen molar-refractivity contribution in [2.24, 2.45) is 5.92 Å². The van der Waals surface area contributed by atoms with E-state index in [0.717, 1.165) is 12.8 Å². The van der Waals surface area contributed by atoms with Crippen LogP contribution in [0.4, 0.5) is 9.18 Å². The quantitative estimate of drug-likeness (QED) is 0.897. The van der Waals surface area contributed by atoms with E-state index in [4.69, 9.17) is 4.74 Å². The van der Waals surface area contributed by atoms with E-state index in [2.05, 4.69) is 10.1 Å². The molecule has 0 aromatic heterocycles. The van der Waals surface area contributed by atoms with Crippen LogP contribution >= 0.6 is 0 Å². The highest BCUT2D eigenvalue weighted by molar-refractivity contribution is 5.77. The van der Waals surface area contributed by atoms with Crippen molar-refractivity contribution in [1.29, 1.82) is 0 Å². The van der Waals surface area contributed by atoms with Gasteiger partial charge < -0.3 is 19.7 Å². The van der Waals surface area contributed by atoms with Crippen molar-refractivity contribution >= 4 is 12.0 Å². The summed E-state index contributed by atoms with van der Waals surface area (Å²) in [5.41, 5.74) is 0. The number of likely N-dealkylation sites (tertiary alicyclic amines) is 1. The Morgan fingerprint density at radius 2 is 2.00 bits per heavy atom. The van der Waals surface area contributed by atoms with Gasteiger partial charge in [0.25, 0.3) is 5.91 Å². The number of piperidine rings is 1. The third-order valence-electron chi connectivity index (χ3n) is 3.83. The smallest absolute Gasteiger partial charge is 0.409 e. The molecule has 6 nitrogen and oxygen atoms in total. The van der Waals surface area contributed by atoms with E-state index in [1.54, 1.807) is 17.0 Å². The van der Waals surface area contributed by atoms with E-state index in [1.165, 1.54) is 19.2 Å². The number of nitrogens with zero attached hydrogens (tertiary/aromatic N) is 1. The molecule has 1 heterocycles. The standard InChI is InChI=1S/C16H21FN2O4/c1-22-16(21)19-8-6-12(7-9-19)10-18-15(20)11-23-14-5-3-2-4-13(14)17/h2-5,12H,6-11H2,1H3,(H,18,20). The van der Waals surface area contributed by atoms with Crippen molar-refractivity contribution in [3.05, 3.63) is 30.1 Å². The number of hydrogen-bond donors (Lipinski definition) is 1. The Hall–Kier alpha value is -2.31. The summed E-state index contributed by atoms with van der Waals surface area (Å²) >= 11 is 0. The molecular formula is C16H21FN2O4. The van der Waals surface area contributed by atoms with E-state index in [-0.39, 0.29) is 24.4 Å². The van der Waals surface area contributed by atoms with Crippen LogP contribution in [0, 0.1) is 11.7 Å². The normalized spacial score (nSPS) is 15.1. The van der Waals surface area contributed by atoms with Crippen molar-refractivity contribution in [3.63, 3.8) is 0 Å². The Kier molecular flexibility index (Phi) is 6.19. The first-order chi connectivity index (χ1) is 11.1. The predicted octanol–water partition coefficient (Wildman–Crippen LogP) is 1.80. The maximum absolute atomic E-state index is 13.3. The van der Waals surface area contributed by atoms with Gasteiger partial charge in [-0.05, 0) is 30.9 Å². The summed E-state index contributed by atoms with van der Waals surface area (Å²) in [7, 11) is 1.37. The summed E-state index contributed by atoms with van der Waals surface area (Å²) in [6.07, 6.45) is 1.30. The van der Waals surface area contributed by atoms with Crippen LogP contribution in [-0.2, 0) is 9.53 Å². The topological polar surface area (TPSA) is 67.9 Å². The van der Waals surface area contributed by atoms with E-state index in [9.17, 15) is 14.0 Å². The first-order valence-corrected chi connectivity index (χ1v) is 7.57. The van der Waals surface area contributed by atoms with E-state index in [1.807, 2.05) is 0 Å². The molecule has 2 amide bonds. The first-order valence-electron chi connectivity index (χ1n) is 7.57. The van der Waals surface area contributed by atoms with Crippen LogP contribution in [0.2, 0.25) is 0 Å². The lowest BCUT2D eigenvalue weighted by atomic mass is 9.97. The van der Waals surface area contributed by atoms with Gasteiger partial charge in [0.05, 0.1) is 7.11 Å². The Bertz CT molecular complexity index is 545. The molecule has 0 unspecified atom stereocenters. The summed E-state index contributed by atoms with van der Waals surface area (Å²) in [6, 6.07) is 5.96. The Morgan fingerprint density at radius 3 is 2.65 bits per heavy atom. The first kappa shape index (κ1) is 17.1. The number of nitrogens with one attached hydrogen (secondary N) is 1. The summed E-state index contributed by atoms with van der Waals surface area (Å²) in [5.74, 6) is -0.401.